The molecule has 0 fully saturated rings. The quantitative estimate of drug-likeness (QED) is 0.586. The molecule has 1 aromatic rings. The Morgan fingerprint density at radius 1 is 1.12 bits per heavy atom. The Morgan fingerprint density at radius 2 is 1.65 bits per heavy atom. The summed E-state index contributed by atoms with van der Waals surface area (Å²) in [4.78, 5) is 23.3. The van der Waals surface area contributed by atoms with Gasteiger partial charge in [0.15, 0.2) is 0 Å². The highest BCUT2D eigenvalue weighted by atomic mass is 16.3. The highest BCUT2D eigenvalue weighted by Crippen LogP contribution is 2.19. The summed E-state index contributed by atoms with van der Waals surface area (Å²) in [6, 6.07) is 6.88. The fourth-order valence-corrected chi connectivity index (χ4v) is 1.56. The van der Waals surface area contributed by atoms with E-state index in [1.54, 1.807) is 24.3 Å². The highest BCUT2D eigenvalue weighted by Gasteiger charge is 2.14. The molecule has 1 aromatic carbocycles. The second kappa shape index (κ2) is 5.86. The van der Waals surface area contributed by atoms with E-state index in [4.69, 9.17) is 11.5 Å². The normalized spacial score (nSPS) is 9.94. The lowest BCUT2D eigenvalue weighted by molar-refractivity contribution is -0.117. The molecule has 92 valence electrons. The van der Waals surface area contributed by atoms with Crippen LogP contribution >= 0.6 is 0 Å². The Hall–Kier alpha value is -2.08. The van der Waals surface area contributed by atoms with E-state index >= 15 is 0 Å². The van der Waals surface area contributed by atoms with Crippen LogP contribution in [0.5, 0.6) is 0 Å². The largest absolute Gasteiger partial charge is 0.392 e. The summed E-state index contributed by atoms with van der Waals surface area (Å²) < 4.78 is 0. The molecule has 2 amide bonds. The van der Waals surface area contributed by atoms with Crippen molar-refractivity contribution in [1.29, 1.82) is 0 Å². The standard InChI is InChI=1S/C11H15N3O3/c12-10(16)5-14(6-11(13)17)9-4-2-1-3-8(9)7-15/h1-4,15H,5-7H2,(H2,12,16)(H2,13,17). The topological polar surface area (TPSA) is 110 Å². The summed E-state index contributed by atoms with van der Waals surface area (Å²) >= 11 is 0. The number of carbonyl (C=O) groups is 2. The van der Waals surface area contributed by atoms with Crippen LogP contribution in [-0.2, 0) is 16.2 Å². The molecule has 0 radical (unpaired) electrons. The van der Waals surface area contributed by atoms with Gasteiger partial charge in [-0.05, 0) is 6.07 Å². The number of anilines is 1. The van der Waals surface area contributed by atoms with Crippen molar-refractivity contribution in [3.63, 3.8) is 0 Å². The van der Waals surface area contributed by atoms with E-state index in [0.717, 1.165) is 0 Å². The van der Waals surface area contributed by atoms with Gasteiger partial charge < -0.3 is 21.5 Å². The number of aliphatic hydroxyl groups excluding tert-OH is 1. The monoisotopic (exact) mass is 237 g/mol. The molecule has 0 spiro atoms. The predicted molar refractivity (Wildman–Crippen MR) is 63.0 cm³/mol. The van der Waals surface area contributed by atoms with Crippen molar-refractivity contribution < 1.29 is 14.7 Å². The van der Waals surface area contributed by atoms with E-state index in [1.165, 1.54) is 4.90 Å². The molecule has 6 heteroatoms. The minimum absolute atomic E-state index is 0.125. The first-order valence-electron chi connectivity index (χ1n) is 5.05. The molecule has 0 saturated carbocycles. The molecule has 0 saturated heterocycles. The van der Waals surface area contributed by atoms with Crippen molar-refractivity contribution in [1.82, 2.24) is 0 Å². The van der Waals surface area contributed by atoms with Crippen LogP contribution in [0.2, 0.25) is 0 Å². The third-order valence-corrected chi connectivity index (χ3v) is 2.20. The Morgan fingerprint density at radius 3 is 2.12 bits per heavy atom. The van der Waals surface area contributed by atoms with E-state index in [2.05, 4.69) is 0 Å². The molecule has 1 rings (SSSR count). The number of para-hydroxylation sites is 1. The van der Waals surface area contributed by atoms with Gasteiger partial charge in [-0.2, -0.15) is 0 Å². The number of primary amides is 2. The molecule has 0 aliphatic heterocycles. The molecule has 17 heavy (non-hydrogen) atoms. The van der Waals surface area contributed by atoms with Gasteiger partial charge in [0.1, 0.15) is 0 Å². The Balaban J connectivity index is 3.02. The molecule has 0 heterocycles. The van der Waals surface area contributed by atoms with Crippen LogP contribution in [0.3, 0.4) is 0 Å². The zero-order valence-corrected chi connectivity index (χ0v) is 9.30. The van der Waals surface area contributed by atoms with Crippen molar-refractivity contribution in [3.8, 4) is 0 Å². The third kappa shape index (κ3) is 3.76. The molecule has 6 nitrogen and oxygen atoms in total. The summed E-state index contributed by atoms with van der Waals surface area (Å²) in [5, 5.41) is 9.18. The zero-order valence-electron chi connectivity index (χ0n) is 9.30. The molecule has 0 aliphatic carbocycles. The number of nitrogens with zero attached hydrogens (tertiary/aromatic N) is 1. The fraction of sp³-hybridized carbons (Fsp3) is 0.273. The Bertz CT molecular complexity index is 404. The van der Waals surface area contributed by atoms with Crippen LogP contribution in [0, 0.1) is 0 Å². The average molecular weight is 237 g/mol. The van der Waals surface area contributed by atoms with Gasteiger partial charge in [-0.25, -0.2) is 0 Å². The van der Waals surface area contributed by atoms with E-state index in [0.29, 0.717) is 11.3 Å². The van der Waals surface area contributed by atoms with Crippen LogP contribution < -0.4 is 16.4 Å². The van der Waals surface area contributed by atoms with Crippen molar-refractivity contribution in [2.75, 3.05) is 18.0 Å². The van der Waals surface area contributed by atoms with Gasteiger partial charge in [0.2, 0.25) is 11.8 Å². The first-order chi connectivity index (χ1) is 8.04. The number of rotatable bonds is 6. The lowest BCUT2D eigenvalue weighted by atomic mass is 10.1. The maximum Gasteiger partial charge on any atom is 0.236 e. The molecule has 0 bridgehead atoms. The first kappa shape index (κ1) is 13.0. The molecule has 0 aliphatic rings. The second-order valence-corrected chi connectivity index (χ2v) is 3.58. The summed E-state index contributed by atoms with van der Waals surface area (Å²) in [6.45, 7) is -0.440. The minimum Gasteiger partial charge on any atom is -0.392 e. The summed E-state index contributed by atoms with van der Waals surface area (Å²) in [5.74, 6) is -1.14. The third-order valence-electron chi connectivity index (χ3n) is 2.20. The molecular weight excluding hydrogens is 222 g/mol. The lowest BCUT2D eigenvalue weighted by Gasteiger charge is -2.23. The van der Waals surface area contributed by atoms with Crippen LogP contribution in [-0.4, -0.2) is 30.0 Å². The smallest absolute Gasteiger partial charge is 0.236 e. The molecule has 0 aromatic heterocycles. The molecular formula is C11H15N3O3. The van der Waals surface area contributed by atoms with Crippen molar-refractivity contribution in [2.24, 2.45) is 11.5 Å². The maximum atomic E-state index is 10.9. The van der Waals surface area contributed by atoms with Crippen molar-refractivity contribution in [3.05, 3.63) is 29.8 Å². The number of amides is 2. The van der Waals surface area contributed by atoms with Crippen molar-refractivity contribution >= 4 is 17.5 Å². The molecule has 5 N–H and O–H groups in total. The predicted octanol–water partition coefficient (Wildman–Crippen LogP) is -1.04. The average Bonchev–Trinajstić information content (AvgIpc) is 2.27. The second-order valence-electron chi connectivity index (χ2n) is 3.58. The lowest BCUT2D eigenvalue weighted by Crippen LogP contribution is -2.40. The van der Waals surface area contributed by atoms with Crippen LogP contribution in [0.1, 0.15) is 5.56 Å². The number of nitrogens with two attached hydrogens (primary N) is 2. The van der Waals surface area contributed by atoms with Gasteiger partial charge in [0, 0.05) is 11.3 Å². The number of benzene rings is 1. The minimum atomic E-state index is -0.570. The Labute approximate surface area is 98.8 Å². The number of hydrogen-bond donors (Lipinski definition) is 3. The van der Waals surface area contributed by atoms with Gasteiger partial charge in [-0.3, -0.25) is 9.59 Å². The summed E-state index contributed by atoms with van der Waals surface area (Å²) in [7, 11) is 0. The van der Waals surface area contributed by atoms with E-state index < -0.39 is 11.8 Å². The van der Waals surface area contributed by atoms with Gasteiger partial charge in [0.25, 0.3) is 0 Å². The first-order valence-corrected chi connectivity index (χ1v) is 5.05. The summed E-state index contributed by atoms with van der Waals surface area (Å²) in [6.07, 6.45) is 0. The van der Waals surface area contributed by atoms with Crippen molar-refractivity contribution in [2.45, 2.75) is 6.61 Å². The van der Waals surface area contributed by atoms with E-state index in [-0.39, 0.29) is 19.7 Å². The Kier molecular flexibility index (Phi) is 4.47. The SMILES string of the molecule is NC(=O)CN(CC(N)=O)c1ccccc1CO. The van der Waals surface area contributed by atoms with Crippen LogP contribution in [0.25, 0.3) is 0 Å². The zero-order chi connectivity index (χ0) is 12.8. The highest BCUT2D eigenvalue weighted by molar-refractivity contribution is 5.85. The maximum absolute atomic E-state index is 10.9. The summed E-state index contributed by atoms with van der Waals surface area (Å²) in [5.41, 5.74) is 11.4. The number of aliphatic hydroxyl groups is 1. The van der Waals surface area contributed by atoms with Crippen LogP contribution in [0.15, 0.2) is 24.3 Å². The fourth-order valence-electron chi connectivity index (χ4n) is 1.56. The van der Waals surface area contributed by atoms with Gasteiger partial charge in [-0.15, -0.1) is 0 Å². The van der Waals surface area contributed by atoms with Crippen LogP contribution in [0.4, 0.5) is 5.69 Å². The molecule has 0 atom stereocenters. The number of carbonyl (C=O) groups excluding carboxylic acids is 2. The van der Waals surface area contributed by atoms with E-state index in [1.807, 2.05) is 0 Å². The van der Waals surface area contributed by atoms with Gasteiger partial charge in [-0.1, -0.05) is 18.2 Å². The number of hydrogen-bond acceptors (Lipinski definition) is 4. The van der Waals surface area contributed by atoms with Gasteiger partial charge in [0.05, 0.1) is 19.7 Å². The molecule has 0 unspecified atom stereocenters. The van der Waals surface area contributed by atoms with Gasteiger partial charge >= 0.3 is 0 Å². The van der Waals surface area contributed by atoms with E-state index in [9.17, 15) is 14.7 Å².